The number of fused-ring (bicyclic) bond motifs is 2. The fraction of sp³-hybridized carbons (Fsp3) is 0.211. The molecule has 4 rings (SSSR count). The number of H-pyrrole nitrogens is 1. The maximum atomic E-state index is 13.2. The Hall–Kier alpha value is -2.82. The van der Waals surface area contributed by atoms with E-state index in [9.17, 15) is 9.18 Å². The second-order valence-corrected chi connectivity index (χ2v) is 5.95. The van der Waals surface area contributed by atoms with Gasteiger partial charge in [0.05, 0.1) is 0 Å². The van der Waals surface area contributed by atoms with Gasteiger partial charge < -0.3 is 15.0 Å². The molecule has 1 aromatic heterocycles. The van der Waals surface area contributed by atoms with Gasteiger partial charge in [0, 0.05) is 29.2 Å². The number of ether oxygens (including phenoxy) is 1. The summed E-state index contributed by atoms with van der Waals surface area (Å²) in [7, 11) is 0. The molecule has 4 nitrogen and oxygen atoms in total. The summed E-state index contributed by atoms with van der Waals surface area (Å²) in [5, 5.41) is 3.96. The lowest BCUT2D eigenvalue weighted by atomic mass is 10.0. The summed E-state index contributed by atoms with van der Waals surface area (Å²) >= 11 is 0. The highest BCUT2D eigenvalue weighted by molar-refractivity contribution is 5.86. The van der Waals surface area contributed by atoms with Crippen molar-refractivity contribution >= 4 is 16.8 Å². The first-order valence-corrected chi connectivity index (χ1v) is 7.97. The summed E-state index contributed by atoms with van der Waals surface area (Å²) in [6, 6.07) is 12.3. The molecule has 0 saturated heterocycles. The van der Waals surface area contributed by atoms with Crippen molar-refractivity contribution in [3.05, 3.63) is 65.6 Å². The first kappa shape index (κ1) is 14.8. The standard InChI is InChI=1S/C19H17FN2O2/c20-13-5-6-14-12(10-22-17(14)9-13)7-8-21-19(23)16-11-24-18-4-2-1-3-15(16)18/h1-6,9-10,16,22H,7-8,11H2,(H,21,23). The van der Waals surface area contributed by atoms with E-state index in [1.807, 2.05) is 30.5 Å². The first-order valence-electron chi connectivity index (χ1n) is 7.97. The highest BCUT2D eigenvalue weighted by atomic mass is 19.1. The molecule has 1 unspecified atom stereocenters. The lowest BCUT2D eigenvalue weighted by Gasteiger charge is -2.10. The molecule has 0 spiro atoms. The van der Waals surface area contributed by atoms with E-state index >= 15 is 0 Å². The maximum absolute atomic E-state index is 13.2. The second-order valence-electron chi connectivity index (χ2n) is 5.95. The number of amides is 1. The zero-order valence-corrected chi connectivity index (χ0v) is 13.0. The van der Waals surface area contributed by atoms with Crippen LogP contribution < -0.4 is 10.1 Å². The predicted molar refractivity (Wildman–Crippen MR) is 89.6 cm³/mol. The number of hydrogen-bond donors (Lipinski definition) is 2. The normalized spacial score (nSPS) is 16.0. The fourth-order valence-corrected chi connectivity index (χ4v) is 3.19. The molecule has 1 amide bonds. The monoisotopic (exact) mass is 324 g/mol. The number of aromatic amines is 1. The molecule has 0 bridgehead atoms. The minimum atomic E-state index is -0.260. The van der Waals surface area contributed by atoms with Gasteiger partial charge in [-0.3, -0.25) is 4.79 Å². The topological polar surface area (TPSA) is 54.1 Å². The SMILES string of the molecule is O=C(NCCc1c[nH]c2cc(F)ccc12)C1COc2ccccc21. The van der Waals surface area contributed by atoms with Gasteiger partial charge in [-0.25, -0.2) is 4.39 Å². The van der Waals surface area contributed by atoms with Crippen LogP contribution >= 0.6 is 0 Å². The molecule has 1 aliphatic rings. The molecule has 5 heteroatoms. The molecule has 0 saturated carbocycles. The number of rotatable bonds is 4. The molecule has 24 heavy (non-hydrogen) atoms. The van der Waals surface area contributed by atoms with E-state index in [0.29, 0.717) is 19.6 Å². The zero-order chi connectivity index (χ0) is 16.5. The van der Waals surface area contributed by atoms with E-state index < -0.39 is 0 Å². The molecule has 2 N–H and O–H groups in total. The van der Waals surface area contributed by atoms with Crippen LogP contribution in [0.15, 0.2) is 48.7 Å². The Morgan fingerprint density at radius 3 is 3.08 bits per heavy atom. The van der Waals surface area contributed by atoms with Crippen molar-refractivity contribution in [1.29, 1.82) is 0 Å². The summed E-state index contributed by atoms with van der Waals surface area (Å²) in [6.45, 7) is 0.916. The van der Waals surface area contributed by atoms with Gasteiger partial charge in [0.2, 0.25) is 5.91 Å². The van der Waals surface area contributed by atoms with E-state index in [2.05, 4.69) is 10.3 Å². The molecule has 0 fully saturated rings. The van der Waals surface area contributed by atoms with Crippen LogP contribution in [-0.2, 0) is 11.2 Å². The molecular formula is C19H17FN2O2. The Bertz CT molecular complexity index is 903. The van der Waals surface area contributed by atoms with Gasteiger partial charge in [-0.05, 0) is 36.2 Å². The Kier molecular flexibility index (Phi) is 3.69. The van der Waals surface area contributed by atoms with Crippen LogP contribution in [0.4, 0.5) is 4.39 Å². The summed E-state index contributed by atoms with van der Waals surface area (Å²) < 4.78 is 18.8. The largest absolute Gasteiger partial charge is 0.492 e. The van der Waals surface area contributed by atoms with E-state index in [4.69, 9.17) is 4.74 Å². The van der Waals surface area contributed by atoms with Crippen LogP contribution in [0.5, 0.6) is 5.75 Å². The molecule has 122 valence electrons. The Morgan fingerprint density at radius 1 is 1.29 bits per heavy atom. The quantitative estimate of drug-likeness (QED) is 0.775. The summed E-state index contributed by atoms with van der Waals surface area (Å²) in [6.07, 6.45) is 2.55. The molecule has 1 atom stereocenters. The highest BCUT2D eigenvalue weighted by Gasteiger charge is 2.29. The molecule has 2 aromatic carbocycles. The van der Waals surface area contributed by atoms with E-state index in [0.717, 1.165) is 27.8 Å². The van der Waals surface area contributed by atoms with E-state index in [-0.39, 0.29) is 17.6 Å². The number of carbonyl (C=O) groups is 1. The number of carbonyl (C=O) groups excluding carboxylic acids is 1. The van der Waals surface area contributed by atoms with Crippen molar-refractivity contribution in [1.82, 2.24) is 10.3 Å². The number of halogens is 1. The molecule has 1 aliphatic heterocycles. The van der Waals surface area contributed by atoms with Crippen molar-refractivity contribution in [2.24, 2.45) is 0 Å². The van der Waals surface area contributed by atoms with Crippen LogP contribution in [0.1, 0.15) is 17.0 Å². The van der Waals surface area contributed by atoms with Gasteiger partial charge >= 0.3 is 0 Å². The molecule has 3 aromatic rings. The number of nitrogens with one attached hydrogen (secondary N) is 2. The average molecular weight is 324 g/mol. The smallest absolute Gasteiger partial charge is 0.231 e. The second kappa shape index (κ2) is 6.00. The van der Waals surface area contributed by atoms with Gasteiger partial charge in [0.25, 0.3) is 0 Å². The Balaban J connectivity index is 1.40. The number of aromatic nitrogens is 1. The third kappa shape index (κ3) is 2.62. The molecular weight excluding hydrogens is 307 g/mol. The van der Waals surface area contributed by atoms with Crippen LogP contribution in [0.25, 0.3) is 10.9 Å². The molecule has 0 aliphatic carbocycles. The Labute approximate surface area is 138 Å². The Morgan fingerprint density at radius 2 is 2.17 bits per heavy atom. The molecule has 0 radical (unpaired) electrons. The summed E-state index contributed by atoms with van der Waals surface area (Å²) in [4.78, 5) is 15.5. The van der Waals surface area contributed by atoms with Gasteiger partial charge in [0.1, 0.15) is 24.1 Å². The third-order valence-corrected chi connectivity index (χ3v) is 4.44. The lowest BCUT2D eigenvalue weighted by Crippen LogP contribution is -2.31. The fourth-order valence-electron chi connectivity index (χ4n) is 3.19. The number of hydrogen-bond acceptors (Lipinski definition) is 2. The van der Waals surface area contributed by atoms with E-state index in [1.165, 1.54) is 12.1 Å². The third-order valence-electron chi connectivity index (χ3n) is 4.44. The van der Waals surface area contributed by atoms with Gasteiger partial charge in [-0.1, -0.05) is 18.2 Å². The van der Waals surface area contributed by atoms with Crippen molar-refractivity contribution in [2.45, 2.75) is 12.3 Å². The van der Waals surface area contributed by atoms with Crippen molar-refractivity contribution in [3.8, 4) is 5.75 Å². The minimum Gasteiger partial charge on any atom is -0.492 e. The number of benzene rings is 2. The molecule has 2 heterocycles. The van der Waals surface area contributed by atoms with Crippen molar-refractivity contribution in [2.75, 3.05) is 13.2 Å². The van der Waals surface area contributed by atoms with Crippen molar-refractivity contribution in [3.63, 3.8) is 0 Å². The predicted octanol–water partition coefficient (Wildman–Crippen LogP) is 3.14. The van der Waals surface area contributed by atoms with Crippen LogP contribution in [-0.4, -0.2) is 24.0 Å². The highest BCUT2D eigenvalue weighted by Crippen LogP contribution is 2.33. The van der Waals surface area contributed by atoms with Gasteiger partial charge in [-0.2, -0.15) is 0 Å². The van der Waals surface area contributed by atoms with E-state index in [1.54, 1.807) is 6.07 Å². The first-order chi connectivity index (χ1) is 11.7. The summed E-state index contributed by atoms with van der Waals surface area (Å²) in [5.74, 6) is 0.254. The lowest BCUT2D eigenvalue weighted by molar-refractivity contribution is -0.122. The van der Waals surface area contributed by atoms with Crippen LogP contribution in [0.3, 0.4) is 0 Å². The zero-order valence-electron chi connectivity index (χ0n) is 13.0. The van der Waals surface area contributed by atoms with Gasteiger partial charge in [-0.15, -0.1) is 0 Å². The van der Waals surface area contributed by atoms with Crippen LogP contribution in [0, 0.1) is 5.82 Å². The van der Waals surface area contributed by atoms with Crippen LogP contribution in [0.2, 0.25) is 0 Å². The minimum absolute atomic E-state index is 0.0224. The average Bonchev–Trinajstić information content (AvgIpc) is 3.18. The van der Waals surface area contributed by atoms with Gasteiger partial charge in [0.15, 0.2) is 0 Å². The maximum Gasteiger partial charge on any atom is 0.231 e. The number of para-hydroxylation sites is 1. The summed E-state index contributed by atoms with van der Waals surface area (Å²) in [5.41, 5.74) is 2.78. The van der Waals surface area contributed by atoms with Crippen molar-refractivity contribution < 1.29 is 13.9 Å².